The molecule has 6 heteroatoms. The first-order valence-corrected chi connectivity index (χ1v) is 5.91. The third-order valence-corrected chi connectivity index (χ3v) is 3.05. The van der Waals surface area contributed by atoms with Gasteiger partial charge < -0.3 is 19.8 Å². The molecule has 1 fully saturated rings. The Morgan fingerprint density at radius 1 is 1.41 bits per heavy atom. The van der Waals surface area contributed by atoms with Crippen LogP contribution in [0.2, 0.25) is 0 Å². The molecule has 0 spiro atoms. The van der Waals surface area contributed by atoms with Gasteiger partial charge >= 0.3 is 12.0 Å². The smallest absolute Gasteiger partial charge is 0.323 e. The second kappa shape index (κ2) is 5.86. The Labute approximate surface area is 102 Å². The summed E-state index contributed by atoms with van der Waals surface area (Å²) < 4.78 is 0. The van der Waals surface area contributed by atoms with Crippen LogP contribution in [0.5, 0.6) is 0 Å². The molecular weight excluding hydrogens is 222 g/mol. The van der Waals surface area contributed by atoms with Crippen molar-refractivity contribution in [2.75, 3.05) is 39.8 Å². The predicted molar refractivity (Wildman–Crippen MR) is 63.9 cm³/mol. The van der Waals surface area contributed by atoms with Crippen LogP contribution >= 0.6 is 0 Å². The minimum Gasteiger partial charge on any atom is -0.480 e. The summed E-state index contributed by atoms with van der Waals surface area (Å²) in [6.45, 7) is 6.30. The molecule has 1 rings (SSSR count). The molecule has 1 atom stereocenters. The Balaban J connectivity index is 2.64. The van der Waals surface area contributed by atoms with Crippen LogP contribution in [0.25, 0.3) is 0 Å². The van der Waals surface area contributed by atoms with Gasteiger partial charge in [0.15, 0.2) is 0 Å². The van der Waals surface area contributed by atoms with Crippen LogP contribution in [-0.2, 0) is 4.79 Å². The summed E-state index contributed by atoms with van der Waals surface area (Å²) >= 11 is 0. The SMILES string of the molecule is CCN(CC(=O)O)C(=O)N1CCN(C)CC1C. The largest absolute Gasteiger partial charge is 0.480 e. The van der Waals surface area contributed by atoms with Crippen LogP contribution in [-0.4, -0.2) is 77.6 Å². The highest BCUT2D eigenvalue weighted by Crippen LogP contribution is 2.10. The van der Waals surface area contributed by atoms with E-state index in [1.54, 1.807) is 11.8 Å². The minimum atomic E-state index is -0.970. The number of carboxylic acid groups (broad SMARTS) is 1. The lowest BCUT2D eigenvalue weighted by atomic mass is 10.2. The molecule has 1 unspecified atom stereocenters. The van der Waals surface area contributed by atoms with Crippen LogP contribution in [0.4, 0.5) is 4.79 Å². The van der Waals surface area contributed by atoms with E-state index in [1.165, 1.54) is 4.90 Å². The summed E-state index contributed by atoms with van der Waals surface area (Å²) in [6, 6.07) is -0.0420. The van der Waals surface area contributed by atoms with E-state index < -0.39 is 5.97 Å². The molecule has 17 heavy (non-hydrogen) atoms. The summed E-state index contributed by atoms with van der Waals surface area (Å²) in [6.07, 6.45) is 0. The van der Waals surface area contributed by atoms with Crippen molar-refractivity contribution in [1.82, 2.24) is 14.7 Å². The first-order valence-electron chi connectivity index (χ1n) is 5.91. The maximum absolute atomic E-state index is 12.2. The van der Waals surface area contributed by atoms with Gasteiger partial charge in [0.25, 0.3) is 0 Å². The van der Waals surface area contributed by atoms with Gasteiger partial charge in [0.1, 0.15) is 6.54 Å². The van der Waals surface area contributed by atoms with Crippen LogP contribution < -0.4 is 0 Å². The molecule has 0 aromatic carbocycles. The molecule has 1 aliphatic rings. The molecule has 0 bridgehead atoms. The van der Waals surface area contributed by atoms with Crippen molar-refractivity contribution in [2.24, 2.45) is 0 Å². The number of carbonyl (C=O) groups excluding carboxylic acids is 1. The molecule has 6 nitrogen and oxygen atoms in total. The molecule has 0 saturated carbocycles. The van der Waals surface area contributed by atoms with Gasteiger partial charge in [0.05, 0.1) is 0 Å². The molecule has 1 saturated heterocycles. The number of aliphatic carboxylic acids is 1. The quantitative estimate of drug-likeness (QED) is 0.766. The van der Waals surface area contributed by atoms with E-state index in [0.29, 0.717) is 13.1 Å². The van der Waals surface area contributed by atoms with Gasteiger partial charge in [0, 0.05) is 32.2 Å². The summed E-state index contributed by atoms with van der Waals surface area (Å²) in [7, 11) is 2.02. The lowest BCUT2D eigenvalue weighted by molar-refractivity contribution is -0.137. The van der Waals surface area contributed by atoms with Crippen LogP contribution in [0.1, 0.15) is 13.8 Å². The highest BCUT2D eigenvalue weighted by Gasteiger charge is 2.29. The highest BCUT2D eigenvalue weighted by atomic mass is 16.4. The van der Waals surface area contributed by atoms with Gasteiger partial charge in [-0.3, -0.25) is 4.79 Å². The van der Waals surface area contributed by atoms with Gasteiger partial charge in [-0.2, -0.15) is 0 Å². The Bertz CT molecular complexity index is 296. The zero-order valence-electron chi connectivity index (χ0n) is 10.7. The number of carbonyl (C=O) groups is 2. The monoisotopic (exact) mass is 243 g/mol. The van der Waals surface area contributed by atoms with Crippen molar-refractivity contribution in [3.05, 3.63) is 0 Å². The predicted octanol–water partition coefficient (Wildman–Crippen LogP) is 0.149. The molecule has 1 N–H and O–H groups in total. The standard InChI is InChI=1S/C11H21N3O3/c1-4-13(8-10(15)16)11(17)14-6-5-12(3)7-9(14)2/h9H,4-8H2,1-3H3,(H,15,16). The Morgan fingerprint density at radius 2 is 2.06 bits per heavy atom. The highest BCUT2D eigenvalue weighted by molar-refractivity contribution is 5.80. The average molecular weight is 243 g/mol. The van der Waals surface area contributed by atoms with Gasteiger partial charge in [-0.1, -0.05) is 0 Å². The fourth-order valence-electron chi connectivity index (χ4n) is 2.08. The number of nitrogens with zero attached hydrogens (tertiary/aromatic N) is 3. The van der Waals surface area contributed by atoms with E-state index in [0.717, 1.165) is 13.1 Å². The number of likely N-dealkylation sites (N-methyl/N-ethyl adjacent to an activating group) is 2. The third kappa shape index (κ3) is 3.59. The zero-order valence-corrected chi connectivity index (χ0v) is 10.7. The van der Waals surface area contributed by atoms with E-state index in [2.05, 4.69) is 4.90 Å². The van der Waals surface area contributed by atoms with Gasteiger partial charge in [-0.25, -0.2) is 4.79 Å². The van der Waals surface area contributed by atoms with Crippen LogP contribution in [0.3, 0.4) is 0 Å². The van der Waals surface area contributed by atoms with E-state index in [4.69, 9.17) is 5.11 Å². The minimum absolute atomic E-state index is 0.129. The number of hydrogen-bond acceptors (Lipinski definition) is 3. The number of carboxylic acids is 1. The number of amides is 2. The zero-order chi connectivity index (χ0) is 13.0. The van der Waals surface area contributed by atoms with Crippen molar-refractivity contribution in [1.29, 1.82) is 0 Å². The van der Waals surface area contributed by atoms with Gasteiger partial charge in [-0.05, 0) is 20.9 Å². The van der Waals surface area contributed by atoms with Crippen LogP contribution in [0.15, 0.2) is 0 Å². The molecular formula is C11H21N3O3. The number of rotatable bonds is 3. The lowest BCUT2D eigenvalue weighted by Gasteiger charge is -2.40. The van der Waals surface area contributed by atoms with Crippen molar-refractivity contribution in [2.45, 2.75) is 19.9 Å². The van der Waals surface area contributed by atoms with Crippen molar-refractivity contribution in [3.63, 3.8) is 0 Å². The number of piperazine rings is 1. The topological polar surface area (TPSA) is 64.1 Å². The maximum Gasteiger partial charge on any atom is 0.323 e. The first kappa shape index (κ1) is 13.8. The molecule has 0 aromatic rings. The summed E-state index contributed by atoms with van der Waals surface area (Å²) in [5.41, 5.74) is 0. The summed E-state index contributed by atoms with van der Waals surface area (Å²) in [5, 5.41) is 8.75. The van der Waals surface area contributed by atoms with E-state index in [1.807, 2.05) is 14.0 Å². The number of hydrogen-bond donors (Lipinski definition) is 1. The molecule has 0 aromatic heterocycles. The lowest BCUT2D eigenvalue weighted by Crippen LogP contribution is -2.56. The fraction of sp³-hybridized carbons (Fsp3) is 0.818. The Hall–Kier alpha value is -1.30. The van der Waals surface area contributed by atoms with E-state index >= 15 is 0 Å². The Kier molecular flexibility index (Phi) is 4.74. The second-order valence-electron chi connectivity index (χ2n) is 4.50. The fourth-order valence-corrected chi connectivity index (χ4v) is 2.08. The van der Waals surface area contributed by atoms with Crippen LogP contribution in [0, 0.1) is 0 Å². The van der Waals surface area contributed by atoms with Crippen molar-refractivity contribution >= 4 is 12.0 Å². The molecule has 0 radical (unpaired) electrons. The van der Waals surface area contributed by atoms with Crippen molar-refractivity contribution < 1.29 is 14.7 Å². The number of urea groups is 1. The second-order valence-corrected chi connectivity index (χ2v) is 4.50. The molecule has 1 aliphatic heterocycles. The summed E-state index contributed by atoms with van der Waals surface area (Å²) in [5.74, 6) is -0.970. The van der Waals surface area contributed by atoms with Crippen molar-refractivity contribution in [3.8, 4) is 0 Å². The molecule has 0 aliphatic carbocycles. The van der Waals surface area contributed by atoms with Gasteiger partial charge in [0.2, 0.25) is 0 Å². The Morgan fingerprint density at radius 3 is 2.53 bits per heavy atom. The first-order chi connectivity index (χ1) is 7.95. The molecule has 2 amide bonds. The van der Waals surface area contributed by atoms with Gasteiger partial charge in [-0.15, -0.1) is 0 Å². The summed E-state index contributed by atoms with van der Waals surface area (Å²) in [4.78, 5) is 28.1. The normalized spacial score (nSPS) is 21.4. The average Bonchev–Trinajstić information content (AvgIpc) is 2.24. The molecule has 1 heterocycles. The third-order valence-electron chi connectivity index (χ3n) is 3.05. The van der Waals surface area contributed by atoms with E-state index in [9.17, 15) is 9.59 Å². The molecule has 98 valence electrons. The maximum atomic E-state index is 12.2. The van der Waals surface area contributed by atoms with E-state index in [-0.39, 0.29) is 18.6 Å².